The van der Waals surface area contributed by atoms with Crippen LogP contribution in [0.15, 0.2) is 0 Å². The minimum atomic E-state index is -0.333. The van der Waals surface area contributed by atoms with Gasteiger partial charge in [0.25, 0.3) is 0 Å². The van der Waals surface area contributed by atoms with Crippen LogP contribution >= 0.6 is 22.6 Å². The average molecular weight is 311 g/mol. The van der Waals surface area contributed by atoms with Gasteiger partial charge >= 0.3 is 5.97 Å². The van der Waals surface area contributed by atoms with Crippen molar-refractivity contribution in [3.63, 3.8) is 0 Å². The summed E-state index contributed by atoms with van der Waals surface area (Å²) in [6.07, 6.45) is 1.09. The molecule has 1 aliphatic heterocycles. The number of halogens is 1. The number of carbonyl (C=O) groups excluding carboxylic acids is 1. The van der Waals surface area contributed by atoms with Gasteiger partial charge in [0.1, 0.15) is 9.53 Å². The summed E-state index contributed by atoms with van der Waals surface area (Å²) in [4.78, 5) is 11.5. The van der Waals surface area contributed by atoms with E-state index >= 15 is 0 Å². The third-order valence-corrected chi connectivity index (χ3v) is 3.24. The minimum absolute atomic E-state index is 0.0683. The monoisotopic (exact) mass is 311 g/mol. The first-order valence-electron chi connectivity index (χ1n) is 5.01. The molecule has 2 unspecified atom stereocenters. The number of esters is 1. The maximum Gasteiger partial charge on any atom is 0.319 e. The van der Waals surface area contributed by atoms with Crippen molar-refractivity contribution in [1.82, 2.24) is 5.32 Å². The number of ether oxygens (including phenoxy) is 1. The summed E-state index contributed by atoms with van der Waals surface area (Å²) in [7, 11) is 0. The molecular weight excluding hydrogens is 293 g/mol. The number of nitrogens with one attached hydrogen (secondary N) is 1. The summed E-state index contributed by atoms with van der Waals surface area (Å²) in [5, 5.41) is 3.29. The molecule has 1 aliphatic rings. The Balaban J connectivity index is 2.51. The van der Waals surface area contributed by atoms with Crippen LogP contribution in [0, 0.1) is 5.92 Å². The van der Waals surface area contributed by atoms with E-state index in [2.05, 4.69) is 27.9 Å². The van der Waals surface area contributed by atoms with E-state index in [1.165, 1.54) is 0 Å². The summed E-state index contributed by atoms with van der Waals surface area (Å²) >= 11 is 2.08. The molecule has 3 nitrogen and oxygen atoms in total. The van der Waals surface area contributed by atoms with Gasteiger partial charge in [-0.25, -0.2) is 0 Å². The molecule has 0 aliphatic carbocycles. The van der Waals surface area contributed by atoms with Gasteiger partial charge in [-0.15, -0.1) is 0 Å². The zero-order chi connectivity index (χ0) is 10.8. The van der Waals surface area contributed by atoms with E-state index in [0.717, 1.165) is 19.5 Å². The van der Waals surface area contributed by atoms with Gasteiger partial charge in [-0.3, -0.25) is 4.79 Å². The van der Waals surface area contributed by atoms with Gasteiger partial charge < -0.3 is 10.1 Å². The normalized spacial score (nSPS) is 24.7. The molecule has 82 valence electrons. The Bertz CT molecular complexity index is 210. The fourth-order valence-corrected chi connectivity index (χ4v) is 1.80. The Labute approximate surface area is 99.1 Å². The number of alkyl halides is 1. The third kappa shape index (κ3) is 3.08. The molecular formula is C10H18INO2. The van der Waals surface area contributed by atoms with Gasteiger partial charge in [0, 0.05) is 12.5 Å². The highest BCUT2D eigenvalue weighted by atomic mass is 127. The smallest absolute Gasteiger partial charge is 0.319 e. The van der Waals surface area contributed by atoms with Crippen molar-refractivity contribution in [2.24, 2.45) is 5.92 Å². The van der Waals surface area contributed by atoms with Gasteiger partial charge in [0.15, 0.2) is 0 Å². The summed E-state index contributed by atoms with van der Waals surface area (Å²) < 4.78 is 5.43. The molecule has 2 atom stereocenters. The SMILES string of the molecule is CC(I)C(=O)OC(C)(C)C1CCNC1. The van der Waals surface area contributed by atoms with E-state index in [9.17, 15) is 4.79 Å². The zero-order valence-corrected chi connectivity index (χ0v) is 11.1. The van der Waals surface area contributed by atoms with Gasteiger partial charge in [0.2, 0.25) is 0 Å². The molecule has 1 fully saturated rings. The first-order chi connectivity index (χ1) is 6.43. The molecule has 0 spiro atoms. The predicted octanol–water partition coefficient (Wildman–Crippen LogP) is 1.74. The Hall–Kier alpha value is 0.160. The van der Waals surface area contributed by atoms with Crippen LogP contribution < -0.4 is 5.32 Å². The van der Waals surface area contributed by atoms with Gasteiger partial charge in [-0.1, -0.05) is 22.6 Å². The van der Waals surface area contributed by atoms with E-state index in [0.29, 0.717) is 5.92 Å². The molecule has 1 N–H and O–H groups in total. The number of hydrogen-bond donors (Lipinski definition) is 1. The Morgan fingerprint density at radius 1 is 1.64 bits per heavy atom. The molecule has 0 amide bonds. The Morgan fingerprint density at radius 3 is 2.71 bits per heavy atom. The molecule has 0 aromatic rings. The van der Waals surface area contributed by atoms with Crippen LogP contribution in [0.25, 0.3) is 0 Å². The second-order valence-corrected chi connectivity index (χ2v) is 6.20. The van der Waals surface area contributed by atoms with E-state index in [1.807, 2.05) is 20.8 Å². The maximum absolute atomic E-state index is 11.5. The lowest BCUT2D eigenvalue weighted by Crippen LogP contribution is -2.39. The Morgan fingerprint density at radius 2 is 2.29 bits per heavy atom. The second-order valence-electron chi connectivity index (χ2n) is 4.33. The lowest BCUT2D eigenvalue weighted by Gasteiger charge is -2.31. The third-order valence-electron chi connectivity index (χ3n) is 2.73. The van der Waals surface area contributed by atoms with E-state index in [-0.39, 0.29) is 15.5 Å². The van der Waals surface area contributed by atoms with Crippen LogP contribution in [-0.4, -0.2) is 28.6 Å². The summed E-state index contributed by atoms with van der Waals surface area (Å²) in [6.45, 7) is 7.84. The van der Waals surface area contributed by atoms with Crippen molar-refractivity contribution < 1.29 is 9.53 Å². The lowest BCUT2D eigenvalue weighted by atomic mass is 9.90. The predicted molar refractivity (Wildman–Crippen MR) is 64.6 cm³/mol. The molecule has 14 heavy (non-hydrogen) atoms. The number of hydrogen-bond acceptors (Lipinski definition) is 3. The lowest BCUT2D eigenvalue weighted by molar-refractivity contribution is -0.159. The van der Waals surface area contributed by atoms with E-state index < -0.39 is 0 Å². The molecule has 4 heteroatoms. The van der Waals surface area contributed by atoms with Crippen molar-refractivity contribution in [2.75, 3.05) is 13.1 Å². The highest BCUT2D eigenvalue weighted by molar-refractivity contribution is 14.1. The van der Waals surface area contributed by atoms with Gasteiger partial charge in [-0.2, -0.15) is 0 Å². The molecule has 0 radical (unpaired) electrons. The Kier molecular flexibility index (Phi) is 4.18. The van der Waals surface area contributed by atoms with Crippen molar-refractivity contribution >= 4 is 28.6 Å². The van der Waals surface area contributed by atoms with Crippen LogP contribution in [0.1, 0.15) is 27.2 Å². The van der Waals surface area contributed by atoms with Crippen LogP contribution in [0.3, 0.4) is 0 Å². The molecule has 0 aromatic carbocycles. The highest BCUT2D eigenvalue weighted by Crippen LogP contribution is 2.27. The molecule has 1 saturated heterocycles. The average Bonchev–Trinajstić information content (AvgIpc) is 2.54. The quantitative estimate of drug-likeness (QED) is 0.490. The van der Waals surface area contributed by atoms with Crippen LogP contribution in [0.2, 0.25) is 0 Å². The topological polar surface area (TPSA) is 38.3 Å². The summed E-state index contributed by atoms with van der Waals surface area (Å²) in [5.41, 5.74) is -0.333. The van der Waals surface area contributed by atoms with Crippen LogP contribution in [-0.2, 0) is 9.53 Å². The van der Waals surface area contributed by atoms with Crippen molar-refractivity contribution in [2.45, 2.75) is 36.7 Å². The summed E-state index contributed by atoms with van der Waals surface area (Å²) in [6, 6.07) is 0. The standard InChI is InChI=1S/C10H18INO2/c1-7(11)9(13)14-10(2,3)8-4-5-12-6-8/h7-8,12H,4-6H2,1-3H3. The van der Waals surface area contributed by atoms with Gasteiger partial charge in [0.05, 0.1) is 0 Å². The van der Waals surface area contributed by atoms with Gasteiger partial charge in [-0.05, 0) is 33.7 Å². The fraction of sp³-hybridized carbons (Fsp3) is 0.900. The zero-order valence-electron chi connectivity index (χ0n) is 8.97. The highest BCUT2D eigenvalue weighted by Gasteiger charge is 2.35. The number of rotatable bonds is 3. The molecule has 1 heterocycles. The number of carbonyl (C=O) groups is 1. The van der Waals surface area contributed by atoms with E-state index in [1.54, 1.807) is 0 Å². The van der Waals surface area contributed by atoms with Crippen molar-refractivity contribution in [3.8, 4) is 0 Å². The largest absolute Gasteiger partial charge is 0.459 e. The summed E-state index contributed by atoms with van der Waals surface area (Å²) in [5.74, 6) is 0.337. The second kappa shape index (κ2) is 4.79. The van der Waals surface area contributed by atoms with Crippen molar-refractivity contribution in [1.29, 1.82) is 0 Å². The maximum atomic E-state index is 11.5. The van der Waals surface area contributed by atoms with Crippen LogP contribution in [0.4, 0.5) is 0 Å². The first kappa shape index (κ1) is 12.2. The first-order valence-corrected chi connectivity index (χ1v) is 6.25. The fourth-order valence-electron chi connectivity index (χ4n) is 1.67. The van der Waals surface area contributed by atoms with Crippen molar-refractivity contribution in [3.05, 3.63) is 0 Å². The molecule has 1 rings (SSSR count). The minimum Gasteiger partial charge on any atom is -0.459 e. The molecule has 0 aromatic heterocycles. The van der Waals surface area contributed by atoms with E-state index in [4.69, 9.17) is 4.74 Å². The molecule has 0 bridgehead atoms. The molecule has 0 saturated carbocycles. The van der Waals surface area contributed by atoms with Crippen LogP contribution in [0.5, 0.6) is 0 Å².